The number of ether oxygens (including phenoxy) is 8. The van der Waals surface area contributed by atoms with Crippen molar-refractivity contribution in [1.82, 2.24) is 25.3 Å². The summed E-state index contributed by atoms with van der Waals surface area (Å²) >= 11 is 9.93. The number of alkyl carbamates (subject to hydrolysis) is 1. The summed E-state index contributed by atoms with van der Waals surface area (Å²) in [5.74, 6) is -2.39. The Kier molecular flexibility index (Phi) is 23.0. The lowest BCUT2D eigenvalue weighted by atomic mass is 9.83. The second-order valence-corrected chi connectivity index (χ2v) is 21.0. The van der Waals surface area contributed by atoms with Gasteiger partial charge >= 0.3 is 24.2 Å². The first kappa shape index (κ1) is 62.4. The van der Waals surface area contributed by atoms with Gasteiger partial charge in [-0.2, -0.15) is 0 Å². The number of amides is 6. The standard InChI is InChI=1S/C53H76BrClN6O16/c1-32-16-15-19-41(71-10)53(69)30-40(74-49(66)57-53)33(2)47-52(4,77-47)42(29-45(64)61(8)36-27-35(26-32)28-39(70-9)46(36)55)76-48(65)34(3)60(7)44(63)20-24-73-50(67)58(5)22-23-59(6)51(68)75-38-18-14-12-11-13-17-37(38)72-25-21-56-43(62)31-54/h14-16,18-19,27-28,33-34,37-38,40-42,47,69H,11-13,17,20-26,29-31H2,1-10H3,(H,56,62)(H,57,66)/t33-,34+,37?,38?,40+,41-,42+,47+,52+,53+/m1/s1. The van der Waals surface area contributed by atoms with Gasteiger partial charge in [0.25, 0.3) is 0 Å². The highest BCUT2D eigenvalue weighted by Crippen LogP contribution is 2.49. The van der Waals surface area contributed by atoms with E-state index >= 15 is 0 Å². The Balaban J connectivity index is 1.21. The molecule has 0 spiro atoms. The maximum atomic E-state index is 14.4. The van der Waals surface area contributed by atoms with Gasteiger partial charge in [0, 0.05) is 67.3 Å². The zero-order valence-electron chi connectivity index (χ0n) is 45.7. The van der Waals surface area contributed by atoms with Gasteiger partial charge in [-0.3, -0.25) is 19.7 Å². The van der Waals surface area contributed by atoms with Crippen LogP contribution in [0, 0.1) is 5.92 Å². The molecule has 428 valence electrons. The number of carbonyl (C=O) groups excluding carboxylic acids is 7. The Morgan fingerprint density at radius 3 is 2.44 bits per heavy atom. The maximum absolute atomic E-state index is 14.4. The average molecular weight is 1170 g/mol. The third-order valence-corrected chi connectivity index (χ3v) is 15.3. The van der Waals surface area contributed by atoms with Crippen molar-refractivity contribution in [2.75, 3.05) is 85.5 Å². The fourth-order valence-electron chi connectivity index (χ4n) is 9.29. The fourth-order valence-corrected chi connectivity index (χ4v) is 9.80. The van der Waals surface area contributed by atoms with Gasteiger partial charge in [-0.25, -0.2) is 19.2 Å². The molecule has 0 radical (unpaired) electrons. The van der Waals surface area contributed by atoms with Crippen LogP contribution in [0.3, 0.4) is 0 Å². The molecule has 1 aromatic rings. The van der Waals surface area contributed by atoms with E-state index in [0.29, 0.717) is 30.8 Å². The number of hydrogen-bond donors (Lipinski definition) is 3. The Morgan fingerprint density at radius 1 is 1.04 bits per heavy atom. The predicted molar refractivity (Wildman–Crippen MR) is 287 cm³/mol. The van der Waals surface area contributed by atoms with Crippen LogP contribution in [-0.2, 0) is 58.8 Å². The molecule has 24 heteroatoms. The van der Waals surface area contributed by atoms with Gasteiger partial charge in [-0.05, 0) is 70.2 Å². The van der Waals surface area contributed by atoms with Crippen LogP contribution < -0.4 is 20.3 Å². The highest BCUT2D eigenvalue weighted by atomic mass is 79.9. The molecule has 1 aromatic carbocycles. The van der Waals surface area contributed by atoms with Gasteiger partial charge in [0.05, 0.1) is 49.8 Å². The van der Waals surface area contributed by atoms with Crippen molar-refractivity contribution in [3.8, 4) is 5.75 Å². The average Bonchev–Trinajstić information content (AvgIpc) is 4.12. The summed E-state index contributed by atoms with van der Waals surface area (Å²) in [7, 11) is 8.81. The smallest absolute Gasteiger partial charge is 0.410 e. The molecule has 10 atom stereocenters. The minimum absolute atomic E-state index is 0.0681. The number of rotatable bonds is 17. The van der Waals surface area contributed by atoms with Crippen molar-refractivity contribution in [3.05, 3.63) is 58.7 Å². The lowest BCUT2D eigenvalue weighted by molar-refractivity contribution is -0.162. The number of anilines is 1. The zero-order valence-corrected chi connectivity index (χ0v) is 48.0. The highest BCUT2D eigenvalue weighted by Gasteiger charge is 2.64. The van der Waals surface area contributed by atoms with E-state index in [9.17, 15) is 38.7 Å². The Labute approximate surface area is 464 Å². The largest absolute Gasteiger partial charge is 0.495 e. The molecule has 1 aliphatic carbocycles. The number of alkyl halides is 1. The van der Waals surface area contributed by atoms with E-state index in [-0.39, 0.29) is 55.4 Å². The lowest BCUT2D eigenvalue weighted by Gasteiger charge is -2.42. The first-order valence-corrected chi connectivity index (χ1v) is 27.2. The van der Waals surface area contributed by atoms with Crippen LogP contribution in [0.2, 0.25) is 5.02 Å². The third-order valence-electron chi connectivity index (χ3n) is 14.4. The number of carbonyl (C=O) groups is 7. The van der Waals surface area contributed by atoms with E-state index in [4.69, 9.17) is 49.5 Å². The number of nitrogens with one attached hydrogen (secondary N) is 2. The van der Waals surface area contributed by atoms with Gasteiger partial charge < -0.3 is 67.9 Å². The van der Waals surface area contributed by atoms with Crippen LogP contribution in [0.4, 0.5) is 20.1 Å². The summed E-state index contributed by atoms with van der Waals surface area (Å²) in [6, 6.07) is 2.32. The molecule has 5 rings (SSSR count). The van der Waals surface area contributed by atoms with Crippen LogP contribution in [-0.4, -0.2) is 196 Å². The maximum Gasteiger partial charge on any atom is 0.410 e. The first-order chi connectivity index (χ1) is 36.5. The minimum Gasteiger partial charge on any atom is -0.495 e. The van der Waals surface area contributed by atoms with E-state index in [0.717, 1.165) is 35.3 Å². The second-order valence-electron chi connectivity index (χ2n) is 20.1. The van der Waals surface area contributed by atoms with Gasteiger partial charge in [0.15, 0.2) is 5.72 Å². The summed E-state index contributed by atoms with van der Waals surface area (Å²) in [4.78, 5) is 97.8. The minimum atomic E-state index is -1.89. The number of allylic oxidation sites excluding steroid dienone is 4. The number of epoxide rings is 1. The van der Waals surface area contributed by atoms with E-state index in [1.807, 2.05) is 25.2 Å². The SMILES string of the molecule is COc1cc2cc(c1Cl)N(C)C(=O)C[C@H](OC(=O)[C@H](C)N(C)C(=O)CCOC(=O)N(C)CCN(C)C(=O)OC1C=CCCCCC1OCCNC(=O)CBr)[C@]1(C)O[C@H]1[C@H](C)[C@@H]1C[C@@](O)(NC(=O)O1)[C@H](OC)C=CC=C(C)C2. The van der Waals surface area contributed by atoms with Crippen molar-refractivity contribution in [1.29, 1.82) is 0 Å². The number of hydrogen-bond acceptors (Lipinski definition) is 16. The summed E-state index contributed by atoms with van der Waals surface area (Å²) in [6.45, 7) is 7.15. The van der Waals surface area contributed by atoms with Crippen LogP contribution >= 0.6 is 27.5 Å². The van der Waals surface area contributed by atoms with E-state index in [1.165, 1.54) is 64.0 Å². The summed E-state index contributed by atoms with van der Waals surface area (Å²) in [6.07, 6.45) is 4.62. The number of esters is 1. The summed E-state index contributed by atoms with van der Waals surface area (Å²) in [5, 5.41) is 17.4. The number of likely N-dealkylation sites (N-methyl/N-ethyl adjacent to an activating group) is 3. The quantitative estimate of drug-likeness (QED) is 0.0439. The third kappa shape index (κ3) is 16.8. The molecule has 22 nitrogen and oxygen atoms in total. The zero-order chi connectivity index (χ0) is 56.8. The predicted octanol–water partition coefficient (Wildman–Crippen LogP) is 5.44. The molecule has 3 heterocycles. The molecule has 77 heavy (non-hydrogen) atoms. The van der Waals surface area contributed by atoms with Crippen LogP contribution in [0.25, 0.3) is 0 Å². The van der Waals surface area contributed by atoms with E-state index in [1.54, 1.807) is 38.1 Å². The van der Waals surface area contributed by atoms with Crippen molar-refractivity contribution < 1.29 is 76.6 Å². The number of methoxy groups -OCH3 is 2. The molecule has 3 N–H and O–H groups in total. The molecule has 0 saturated carbocycles. The van der Waals surface area contributed by atoms with Gasteiger partial charge in [0.1, 0.15) is 53.4 Å². The van der Waals surface area contributed by atoms with Crippen molar-refractivity contribution >= 4 is 75.2 Å². The number of aliphatic hydroxyl groups is 1. The molecule has 0 aromatic heterocycles. The number of nitrogens with zero attached hydrogens (tertiary/aromatic N) is 4. The van der Waals surface area contributed by atoms with Crippen LogP contribution in [0.15, 0.2) is 48.1 Å². The van der Waals surface area contributed by atoms with Crippen LogP contribution in [0.1, 0.15) is 78.2 Å². The summed E-state index contributed by atoms with van der Waals surface area (Å²) in [5.41, 5.74) is -1.24. The number of fused-ring (bicyclic) bond motifs is 5. The topological polar surface area (TPSA) is 254 Å². The number of benzene rings is 1. The Hall–Kier alpha value is -5.46. The molecule has 6 amide bonds. The first-order valence-electron chi connectivity index (χ1n) is 25.7. The van der Waals surface area contributed by atoms with Crippen molar-refractivity contribution in [2.24, 2.45) is 5.92 Å². The second kappa shape index (κ2) is 28.4. The molecule has 3 aliphatic heterocycles. The monoisotopic (exact) mass is 1170 g/mol. The molecule has 4 bridgehead atoms. The normalized spacial score (nSPS) is 26.9. The molecule has 2 saturated heterocycles. The molecule has 2 fully saturated rings. The summed E-state index contributed by atoms with van der Waals surface area (Å²) < 4.78 is 46.6. The fraction of sp³-hybridized carbons (Fsp3) is 0.642. The highest BCUT2D eigenvalue weighted by molar-refractivity contribution is 9.09. The Bertz CT molecular complexity index is 2380. The number of halogens is 2. The van der Waals surface area contributed by atoms with E-state index in [2.05, 4.69) is 26.6 Å². The van der Waals surface area contributed by atoms with Crippen molar-refractivity contribution in [3.63, 3.8) is 0 Å². The molecular weight excluding hydrogens is 1090 g/mol. The molecule has 4 aliphatic rings. The molecule has 2 unspecified atom stereocenters. The Morgan fingerprint density at radius 2 is 1.75 bits per heavy atom. The van der Waals surface area contributed by atoms with E-state index < -0.39 is 102 Å². The lowest BCUT2D eigenvalue weighted by Crippen LogP contribution is -2.63. The van der Waals surface area contributed by atoms with Gasteiger partial charge in [-0.15, -0.1) is 0 Å². The van der Waals surface area contributed by atoms with Crippen molar-refractivity contribution in [2.45, 2.75) is 133 Å². The van der Waals surface area contributed by atoms with Gasteiger partial charge in [-0.1, -0.05) is 70.8 Å². The molecular formula is C53H76BrClN6O16. The van der Waals surface area contributed by atoms with Crippen LogP contribution in [0.5, 0.6) is 5.75 Å². The van der Waals surface area contributed by atoms with Gasteiger partial charge in [0.2, 0.25) is 17.7 Å².